The van der Waals surface area contributed by atoms with Crippen LogP contribution < -0.4 is 11.1 Å². The highest BCUT2D eigenvalue weighted by Crippen LogP contribution is 2.34. The van der Waals surface area contributed by atoms with Crippen LogP contribution in [0.4, 0.5) is 5.69 Å². The Morgan fingerprint density at radius 3 is 2.81 bits per heavy atom. The Balaban J connectivity index is 1.82. The van der Waals surface area contributed by atoms with Crippen LogP contribution in [-0.2, 0) is 0 Å². The minimum atomic E-state index is -0.0225. The fourth-order valence-electron chi connectivity index (χ4n) is 3.24. The van der Waals surface area contributed by atoms with Gasteiger partial charge in [0.15, 0.2) is 0 Å². The van der Waals surface area contributed by atoms with E-state index in [1.807, 2.05) is 12.1 Å². The van der Waals surface area contributed by atoms with E-state index in [1.54, 1.807) is 0 Å². The van der Waals surface area contributed by atoms with E-state index in [-0.39, 0.29) is 11.9 Å². The van der Waals surface area contributed by atoms with Crippen molar-refractivity contribution in [3.8, 4) is 0 Å². The highest BCUT2D eigenvalue weighted by atomic mass is 32.1. The average molecular weight is 302 g/mol. The molecule has 112 valence electrons. The van der Waals surface area contributed by atoms with E-state index in [4.69, 9.17) is 5.73 Å². The predicted octanol–water partition coefficient (Wildman–Crippen LogP) is 4.10. The summed E-state index contributed by atoms with van der Waals surface area (Å²) in [5.74, 6) is 0.595. The summed E-state index contributed by atoms with van der Waals surface area (Å²) in [7, 11) is 0. The molecule has 1 saturated carbocycles. The lowest BCUT2D eigenvalue weighted by atomic mass is 10.00. The van der Waals surface area contributed by atoms with E-state index in [0.717, 1.165) is 10.1 Å². The van der Waals surface area contributed by atoms with Crippen molar-refractivity contribution in [2.24, 2.45) is 5.92 Å². The normalized spacial score (nSPS) is 17.2. The number of hydrogen-bond acceptors (Lipinski definition) is 3. The van der Waals surface area contributed by atoms with Crippen LogP contribution in [0.5, 0.6) is 0 Å². The maximum Gasteiger partial charge on any atom is 0.263 e. The van der Waals surface area contributed by atoms with Crippen LogP contribution in [0.3, 0.4) is 0 Å². The summed E-state index contributed by atoms with van der Waals surface area (Å²) < 4.78 is 1.09. The maximum absolute atomic E-state index is 12.5. The molecule has 0 radical (unpaired) electrons. The van der Waals surface area contributed by atoms with Gasteiger partial charge in [-0.3, -0.25) is 4.79 Å². The molecule has 1 amide bonds. The molecule has 1 heterocycles. The number of rotatable bonds is 3. The minimum Gasteiger partial charge on any atom is -0.397 e. The molecule has 1 fully saturated rings. The zero-order valence-corrected chi connectivity index (χ0v) is 13.4. The van der Waals surface area contributed by atoms with Crippen LogP contribution in [-0.4, -0.2) is 11.9 Å². The molecule has 21 heavy (non-hydrogen) atoms. The summed E-state index contributed by atoms with van der Waals surface area (Å²) in [6, 6.07) is 6.36. The zero-order valence-electron chi connectivity index (χ0n) is 12.6. The van der Waals surface area contributed by atoms with Crippen molar-refractivity contribution >= 4 is 33.0 Å². The average Bonchev–Trinajstić information content (AvgIpc) is 3.07. The van der Waals surface area contributed by atoms with Crippen LogP contribution >= 0.6 is 11.3 Å². The van der Waals surface area contributed by atoms with Crippen molar-refractivity contribution in [3.05, 3.63) is 28.6 Å². The third kappa shape index (κ3) is 2.77. The van der Waals surface area contributed by atoms with Gasteiger partial charge in [0.1, 0.15) is 4.88 Å². The smallest absolute Gasteiger partial charge is 0.263 e. The first-order chi connectivity index (χ1) is 10.1. The number of nitrogens with one attached hydrogen (secondary N) is 1. The Labute approximate surface area is 129 Å². The second-order valence-electron chi connectivity index (χ2n) is 6.15. The van der Waals surface area contributed by atoms with Gasteiger partial charge in [-0.25, -0.2) is 0 Å². The second kappa shape index (κ2) is 5.68. The van der Waals surface area contributed by atoms with Crippen molar-refractivity contribution in [2.45, 2.75) is 45.6 Å². The Morgan fingerprint density at radius 2 is 2.10 bits per heavy atom. The lowest BCUT2D eigenvalue weighted by molar-refractivity contribution is 0.0932. The third-order valence-corrected chi connectivity index (χ3v) is 5.72. The van der Waals surface area contributed by atoms with E-state index in [1.165, 1.54) is 42.6 Å². The fourth-order valence-corrected chi connectivity index (χ4v) is 4.36. The van der Waals surface area contributed by atoms with Gasteiger partial charge < -0.3 is 11.1 Å². The number of carbonyl (C=O) groups is 1. The molecule has 0 saturated heterocycles. The van der Waals surface area contributed by atoms with Crippen molar-refractivity contribution in [1.29, 1.82) is 0 Å². The Hall–Kier alpha value is -1.55. The zero-order chi connectivity index (χ0) is 15.0. The molecule has 3 rings (SSSR count). The number of fused-ring (bicyclic) bond motifs is 1. The van der Waals surface area contributed by atoms with Gasteiger partial charge in [-0.05, 0) is 44.2 Å². The second-order valence-corrected chi connectivity index (χ2v) is 7.20. The summed E-state index contributed by atoms with van der Waals surface area (Å²) in [4.78, 5) is 13.2. The lowest BCUT2D eigenvalue weighted by Crippen LogP contribution is -2.37. The number of benzene rings is 1. The molecule has 2 aromatic rings. The van der Waals surface area contributed by atoms with Gasteiger partial charge in [-0.2, -0.15) is 0 Å². The van der Waals surface area contributed by atoms with Crippen molar-refractivity contribution in [1.82, 2.24) is 5.32 Å². The number of amides is 1. The first-order valence-corrected chi connectivity index (χ1v) is 8.47. The van der Waals surface area contributed by atoms with E-state index >= 15 is 0 Å². The molecule has 3 nitrogen and oxygen atoms in total. The molecule has 1 aliphatic rings. The standard InChI is InChI=1S/C17H22N2OS/c1-10-7-8-13-14(9-10)21-16(15(13)18)17(20)19-11(2)12-5-3-4-6-12/h7-9,11-12H,3-6,18H2,1-2H3,(H,19,20). The minimum absolute atomic E-state index is 0.0225. The van der Waals surface area contributed by atoms with Gasteiger partial charge in [0.25, 0.3) is 5.91 Å². The van der Waals surface area contributed by atoms with E-state index in [2.05, 4.69) is 25.2 Å². The summed E-state index contributed by atoms with van der Waals surface area (Å²) in [5.41, 5.74) is 7.98. The SMILES string of the molecule is Cc1ccc2c(N)c(C(=O)NC(C)C3CCCC3)sc2c1. The monoisotopic (exact) mass is 302 g/mol. The van der Waals surface area contributed by atoms with Crippen LogP contribution in [0.25, 0.3) is 10.1 Å². The molecule has 0 bridgehead atoms. The van der Waals surface area contributed by atoms with Crippen molar-refractivity contribution < 1.29 is 4.79 Å². The first kappa shape index (κ1) is 14.4. The van der Waals surface area contributed by atoms with Crippen LogP contribution in [0.2, 0.25) is 0 Å². The van der Waals surface area contributed by atoms with Gasteiger partial charge >= 0.3 is 0 Å². The molecule has 1 aromatic heterocycles. The number of anilines is 1. The fraction of sp³-hybridized carbons (Fsp3) is 0.471. The van der Waals surface area contributed by atoms with Gasteiger partial charge in [-0.15, -0.1) is 11.3 Å². The van der Waals surface area contributed by atoms with E-state index < -0.39 is 0 Å². The molecule has 4 heteroatoms. The summed E-state index contributed by atoms with van der Waals surface area (Å²) in [6.07, 6.45) is 5.02. The molecule has 0 spiro atoms. The van der Waals surface area contributed by atoms with Gasteiger partial charge in [0, 0.05) is 16.1 Å². The summed E-state index contributed by atoms with van der Waals surface area (Å²) in [5, 5.41) is 4.14. The quantitative estimate of drug-likeness (QED) is 0.897. The van der Waals surface area contributed by atoms with Gasteiger partial charge in [0.05, 0.1) is 5.69 Å². The molecule has 0 aliphatic heterocycles. The van der Waals surface area contributed by atoms with Crippen LogP contribution in [0.15, 0.2) is 18.2 Å². The molecule has 1 aliphatic carbocycles. The molecule has 1 unspecified atom stereocenters. The van der Waals surface area contributed by atoms with E-state index in [0.29, 0.717) is 16.5 Å². The number of aryl methyl sites for hydroxylation is 1. The first-order valence-electron chi connectivity index (χ1n) is 7.65. The number of carbonyl (C=O) groups excluding carboxylic acids is 1. The Morgan fingerprint density at radius 1 is 1.38 bits per heavy atom. The summed E-state index contributed by atoms with van der Waals surface area (Å²) in [6.45, 7) is 4.17. The maximum atomic E-state index is 12.5. The Bertz CT molecular complexity index is 671. The number of thiophene rings is 1. The predicted molar refractivity (Wildman–Crippen MR) is 89.9 cm³/mol. The van der Waals surface area contributed by atoms with Gasteiger partial charge in [0.2, 0.25) is 0 Å². The molecular formula is C17H22N2OS. The molecule has 1 aromatic carbocycles. The van der Waals surface area contributed by atoms with Crippen LogP contribution in [0.1, 0.15) is 47.8 Å². The van der Waals surface area contributed by atoms with E-state index in [9.17, 15) is 4.79 Å². The van der Waals surface area contributed by atoms with Crippen molar-refractivity contribution in [3.63, 3.8) is 0 Å². The number of nitrogen functional groups attached to an aromatic ring is 1. The largest absolute Gasteiger partial charge is 0.397 e. The third-order valence-electron chi connectivity index (χ3n) is 4.56. The lowest BCUT2D eigenvalue weighted by Gasteiger charge is -2.20. The molecule has 3 N–H and O–H groups in total. The molecule has 1 atom stereocenters. The molecular weight excluding hydrogens is 280 g/mol. The van der Waals surface area contributed by atoms with Crippen molar-refractivity contribution in [2.75, 3.05) is 5.73 Å². The van der Waals surface area contributed by atoms with Crippen LogP contribution in [0, 0.1) is 12.8 Å². The summed E-state index contributed by atoms with van der Waals surface area (Å²) >= 11 is 1.49. The number of nitrogens with two attached hydrogens (primary N) is 1. The topological polar surface area (TPSA) is 55.1 Å². The Kier molecular flexibility index (Phi) is 3.89. The van der Waals surface area contributed by atoms with Gasteiger partial charge in [-0.1, -0.05) is 25.0 Å². The highest BCUT2D eigenvalue weighted by molar-refractivity contribution is 7.21. The number of hydrogen-bond donors (Lipinski definition) is 2. The highest BCUT2D eigenvalue weighted by Gasteiger charge is 2.24.